The molecule has 1 fully saturated rings. The molecule has 6 heteroatoms. The number of benzene rings is 2. The number of amides is 1. The average molecular weight is 360 g/mol. The Morgan fingerprint density at radius 1 is 1.20 bits per heavy atom. The van der Waals surface area contributed by atoms with Crippen LogP contribution in [0.2, 0.25) is 5.02 Å². The summed E-state index contributed by atoms with van der Waals surface area (Å²) < 4.78 is 5.05. The number of carbonyl (C=O) groups is 2. The fraction of sp³-hybridized carbons (Fsp3) is 0.263. The highest BCUT2D eigenvalue weighted by Crippen LogP contribution is 2.49. The van der Waals surface area contributed by atoms with Crippen LogP contribution in [0.5, 0.6) is 5.75 Å². The van der Waals surface area contributed by atoms with Gasteiger partial charge >= 0.3 is 5.97 Å². The molecule has 1 aliphatic carbocycles. The molecule has 130 valence electrons. The van der Waals surface area contributed by atoms with Gasteiger partial charge in [0.2, 0.25) is 5.91 Å². The number of carboxylic acid groups (broad SMARTS) is 1. The van der Waals surface area contributed by atoms with Crippen molar-refractivity contribution in [3.63, 3.8) is 0 Å². The number of carbonyl (C=O) groups excluding carboxylic acids is 1. The number of rotatable bonds is 7. The zero-order valence-corrected chi connectivity index (χ0v) is 14.2. The van der Waals surface area contributed by atoms with Gasteiger partial charge in [-0.05, 0) is 42.0 Å². The zero-order valence-electron chi connectivity index (χ0n) is 13.4. The Labute approximate surface area is 150 Å². The number of ether oxygens (including phenoxy) is 1. The third kappa shape index (κ3) is 4.73. The largest absolute Gasteiger partial charge is 0.480 e. The van der Waals surface area contributed by atoms with Crippen LogP contribution in [0.1, 0.15) is 24.3 Å². The van der Waals surface area contributed by atoms with E-state index in [0.29, 0.717) is 23.9 Å². The van der Waals surface area contributed by atoms with Crippen LogP contribution in [0.25, 0.3) is 0 Å². The van der Waals surface area contributed by atoms with Crippen molar-refractivity contribution in [3.8, 4) is 5.75 Å². The molecule has 0 aliphatic heterocycles. The van der Waals surface area contributed by atoms with Crippen molar-refractivity contribution in [1.29, 1.82) is 0 Å². The van der Waals surface area contributed by atoms with Crippen LogP contribution in [-0.4, -0.2) is 23.6 Å². The molecular weight excluding hydrogens is 342 g/mol. The van der Waals surface area contributed by atoms with Crippen LogP contribution in [0.3, 0.4) is 0 Å². The summed E-state index contributed by atoms with van der Waals surface area (Å²) in [5.74, 6) is -0.0312. The van der Waals surface area contributed by atoms with Gasteiger partial charge in [0.1, 0.15) is 5.75 Å². The van der Waals surface area contributed by atoms with Gasteiger partial charge in [-0.15, -0.1) is 0 Å². The summed E-state index contributed by atoms with van der Waals surface area (Å²) in [6.07, 6.45) is 1.49. The fourth-order valence-corrected chi connectivity index (χ4v) is 3.10. The van der Waals surface area contributed by atoms with Crippen LogP contribution in [0, 0.1) is 5.92 Å². The lowest BCUT2D eigenvalue weighted by molar-refractivity contribution is -0.139. The van der Waals surface area contributed by atoms with Gasteiger partial charge in [0, 0.05) is 12.1 Å². The molecule has 1 aliphatic rings. The van der Waals surface area contributed by atoms with Crippen molar-refractivity contribution in [2.45, 2.75) is 18.8 Å². The normalized spacial score (nSPS) is 18.4. The SMILES string of the molecule is O=C(O)COc1ccc(NC(=O)C[C@@H]2C[C@H]2c2ccccc2)cc1Cl. The van der Waals surface area contributed by atoms with Crippen molar-refractivity contribution in [3.05, 3.63) is 59.1 Å². The molecular formula is C19H18ClNO4. The molecule has 0 aromatic heterocycles. The summed E-state index contributed by atoms with van der Waals surface area (Å²) in [5.41, 5.74) is 1.85. The van der Waals surface area contributed by atoms with Crippen LogP contribution in [-0.2, 0) is 9.59 Å². The van der Waals surface area contributed by atoms with Crippen molar-refractivity contribution in [2.24, 2.45) is 5.92 Å². The third-order valence-corrected chi connectivity index (χ3v) is 4.46. The van der Waals surface area contributed by atoms with E-state index < -0.39 is 12.6 Å². The molecule has 0 spiro atoms. The lowest BCUT2D eigenvalue weighted by Gasteiger charge is -2.09. The van der Waals surface area contributed by atoms with Crippen LogP contribution < -0.4 is 10.1 Å². The van der Waals surface area contributed by atoms with E-state index in [1.165, 1.54) is 5.56 Å². The third-order valence-electron chi connectivity index (χ3n) is 4.16. The Morgan fingerprint density at radius 3 is 2.64 bits per heavy atom. The molecule has 25 heavy (non-hydrogen) atoms. The lowest BCUT2D eigenvalue weighted by Crippen LogP contribution is -2.13. The summed E-state index contributed by atoms with van der Waals surface area (Å²) in [4.78, 5) is 22.7. The van der Waals surface area contributed by atoms with E-state index in [4.69, 9.17) is 21.4 Å². The highest BCUT2D eigenvalue weighted by Gasteiger charge is 2.39. The highest BCUT2D eigenvalue weighted by molar-refractivity contribution is 6.32. The van der Waals surface area contributed by atoms with E-state index in [9.17, 15) is 9.59 Å². The van der Waals surface area contributed by atoms with Gasteiger partial charge < -0.3 is 15.2 Å². The molecule has 0 saturated heterocycles. The van der Waals surface area contributed by atoms with E-state index in [0.717, 1.165) is 6.42 Å². The summed E-state index contributed by atoms with van der Waals surface area (Å²) in [6.45, 7) is -0.464. The summed E-state index contributed by atoms with van der Waals surface area (Å²) in [7, 11) is 0. The summed E-state index contributed by atoms with van der Waals surface area (Å²) in [6, 6.07) is 14.9. The molecule has 0 radical (unpaired) electrons. The Morgan fingerprint density at radius 2 is 1.96 bits per heavy atom. The maximum Gasteiger partial charge on any atom is 0.341 e. The van der Waals surface area contributed by atoms with E-state index in [1.807, 2.05) is 18.2 Å². The Bertz CT molecular complexity index is 778. The van der Waals surface area contributed by atoms with E-state index >= 15 is 0 Å². The van der Waals surface area contributed by atoms with Crippen molar-refractivity contribution >= 4 is 29.2 Å². The van der Waals surface area contributed by atoms with Crippen molar-refractivity contribution < 1.29 is 19.4 Å². The molecule has 0 bridgehead atoms. The average Bonchev–Trinajstić information content (AvgIpc) is 3.33. The molecule has 1 amide bonds. The topological polar surface area (TPSA) is 75.6 Å². The minimum atomic E-state index is -1.08. The molecule has 2 aromatic rings. The standard InChI is InChI=1S/C19H18ClNO4/c20-16-10-14(6-7-17(16)25-11-19(23)24)21-18(22)9-13-8-15(13)12-4-2-1-3-5-12/h1-7,10,13,15H,8-9,11H2,(H,21,22)(H,23,24)/t13-,15-/m0/s1. The molecule has 2 N–H and O–H groups in total. The van der Waals surface area contributed by atoms with E-state index in [1.54, 1.807) is 18.2 Å². The van der Waals surface area contributed by atoms with Gasteiger partial charge in [-0.1, -0.05) is 41.9 Å². The number of hydrogen-bond acceptors (Lipinski definition) is 3. The van der Waals surface area contributed by atoms with Gasteiger partial charge in [0.05, 0.1) is 5.02 Å². The van der Waals surface area contributed by atoms with Crippen LogP contribution in [0.4, 0.5) is 5.69 Å². The van der Waals surface area contributed by atoms with Gasteiger partial charge in [-0.2, -0.15) is 0 Å². The van der Waals surface area contributed by atoms with Gasteiger partial charge in [0.15, 0.2) is 6.61 Å². The smallest absolute Gasteiger partial charge is 0.341 e. The van der Waals surface area contributed by atoms with Crippen LogP contribution >= 0.6 is 11.6 Å². The first kappa shape index (κ1) is 17.3. The summed E-state index contributed by atoms with van der Waals surface area (Å²) >= 11 is 6.05. The van der Waals surface area contributed by atoms with E-state index in [2.05, 4.69) is 17.4 Å². The Hall–Kier alpha value is -2.53. The second kappa shape index (κ2) is 7.57. The number of hydrogen-bond donors (Lipinski definition) is 2. The van der Waals surface area contributed by atoms with Gasteiger partial charge in [0.25, 0.3) is 0 Å². The second-order valence-electron chi connectivity index (χ2n) is 6.09. The predicted molar refractivity (Wildman–Crippen MR) is 95.1 cm³/mol. The predicted octanol–water partition coefficient (Wildman–Crippen LogP) is 3.94. The number of anilines is 1. The van der Waals surface area contributed by atoms with Crippen molar-refractivity contribution in [1.82, 2.24) is 0 Å². The molecule has 1 saturated carbocycles. The minimum Gasteiger partial charge on any atom is -0.480 e. The lowest BCUT2D eigenvalue weighted by atomic mass is 10.1. The van der Waals surface area contributed by atoms with E-state index in [-0.39, 0.29) is 16.7 Å². The van der Waals surface area contributed by atoms with Crippen molar-refractivity contribution in [2.75, 3.05) is 11.9 Å². The second-order valence-corrected chi connectivity index (χ2v) is 6.50. The quantitative estimate of drug-likeness (QED) is 0.785. The number of carboxylic acids is 1. The Kier molecular flexibility index (Phi) is 5.24. The number of halogens is 1. The first-order valence-electron chi connectivity index (χ1n) is 8.02. The highest BCUT2D eigenvalue weighted by atomic mass is 35.5. The summed E-state index contributed by atoms with van der Waals surface area (Å²) in [5, 5.41) is 11.7. The maximum atomic E-state index is 12.2. The molecule has 2 atom stereocenters. The maximum absolute atomic E-state index is 12.2. The fourth-order valence-electron chi connectivity index (χ4n) is 2.87. The van der Waals surface area contributed by atoms with Gasteiger partial charge in [-0.25, -0.2) is 4.79 Å². The minimum absolute atomic E-state index is 0.0568. The zero-order chi connectivity index (χ0) is 17.8. The van der Waals surface area contributed by atoms with Crippen LogP contribution in [0.15, 0.2) is 48.5 Å². The molecule has 2 aromatic carbocycles. The molecule has 0 heterocycles. The Balaban J connectivity index is 1.52. The van der Waals surface area contributed by atoms with Gasteiger partial charge in [-0.3, -0.25) is 4.79 Å². The molecule has 0 unspecified atom stereocenters. The number of nitrogens with one attached hydrogen (secondary N) is 1. The molecule has 3 rings (SSSR count). The number of aliphatic carboxylic acids is 1. The molecule has 5 nitrogen and oxygen atoms in total. The first-order chi connectivity index (χ1) is 12.0. The monoisotopic (exact) mass is 359 g/mol. The first-order valence-corrected chi connectivity index (χ1v) is 8.39.